The first kappa shape index (κ1) is 19.4. The second-order valence-corrected chi connectivity index (χ2v) is 7.48. The van der Waals surface area contributed by atoms with Crippen molar-refractivity contribution < 1.29 is 4.68 Å². The van der Waals surface area contributed by atoms with Crippen LogP contribution in [0.4, 0.5) is 11.5 Å². The fourth-order valence-corrected chi connectivity index (χ4v) is 4.04. The van der Waals surface area contributed by atoms with Crippen LogP contribution in [0, 0.1) is 11.3 Å². The van der Waals surface area contributed by atoms with Gasteiger partial charge in [0.05, 0.1) is 23.2 Å². The quantitative estimate of drug-likeness (QED) is 0.505. The van der Waals surface area contributed by atoms with Gasteiger partial charge >= 0.3 is 5.84 Å². The van der Waals surface area contributed by atoms with Crippen molar-refractivity contribution in [2.45, 2.75) is 12.8 Å². The van der Waals surface area contributed by atoms with Gasteiger partial charge in [-0.2, -0.15) is 9.83 Å². The molecule has 1 aliphatic heterocycles. The number of pyridine rings is 1. The number of para-hydroxylation sites is 1. The van der Waals surface area contributed by atoms with Gasteiger partial charge in [-0.3, -0.25) is 0 Å². The monoisotopic (exact) mass is 418 g/mol. The number of imidazole rings is 1. The van der Waals surface area contributed by atoms with Crippen molar-refractivity contribution >= 4 is 23.1 Å². The van der Waals surface area contributed by atoms with Crippen LogP contribution in [0.5, 0.6) is 0 Å². The van der Waals surface area contributed by atoms with E-state index in [0.29, 0.717) is 11.3 Å². The van der Waals surface area contributed by atoms with Crippen molar-refractivity contribution in [3.63, 3.8) is 0 Å². The predicted octanol–water partition coefficient (Wildman–Crippen LogP) is 4.16. The van der Waals surface area contributed by atoms with Crippen molar-refractivity contribution in [2.24, 2.45) is 5.10 Å². The lowest BCUT2D eigenvalue weighted by Crippen LogP contribution is -2.27. The minimum atomic E-state index is -0.299. The summed E-state index contributed by atoms with van der Waals surface area (Å²) in [5.41, 5.74) is 10.8. The summed E-state index contributed by atoms with van der Waals surface area (Å²) in [6.45, 7) is 1.96. The summed E-state index contributed by atoms with van der Waals surface area (Å²) < 4.78 is 3.82. The molecular formula is C25H20N7+. The number of rotatable bonds is 3. The Hall–Kier alpha value is -4.57. The van der Waals surface area contributed by atoms with E-state index in [1.54, 1.807) is 12.5 Å². The second kappa shape index (κ2) is 7.93. The lowest BCUT2D eigenvalue weighted by atomic mass is 9.89. The molecule has 0 saturated carbocycles. The average molecular weight is 418 g/mol. The first-order valence-corrected chi connectivity index (χ1v) is 10.2. The van der Waals surface area contributed by atoms with E-state index in [-0.39, 0.29) is 11.7 Å². The van der Waals surface area contributed by atoms with Gasteiger partial charge in [0.2, 0.25) is 0 Å². The summed E-state index contributed by atoms with van der Waals surface area (Å²) in [7, 11) is 0. The molecule has 0 saturated heterocycles. The molecule has 1 atom stereocenters. The second-order valence-electron chi connectivity index (χ2n) is 7.48. The smallest absolute Gasteiger partial charge is 0.301 e. The first-order chi connectivity index (χ1) is 15.7. The van der Waals surface area contributed by atoms with Crippen LogP contribution in [0.2, 0.25) is 0 Å². The maximum absolute atomic E-state index is 9.96. The van der Waals surface area contributed by atoms with Gasteiger partial charge in [-0.1, -0.05) is 53.6 Å². The van der Waals surface area contributed by atoms with Crippen molar-refractivity contribution in [2.75, 3.05) is 5.73 Å². The molecule has 0 aliphatic carbocycles. The molecule has 32 heavy (non-hydrogen) atoms. The number of anilines is 1. The van der Waals surface area contributed by atoms with E-state index in [2.05, 4.69) is 16.0 Å². The third kappa shape index (κ3) is 3.24. The van der Waals surface area contributed by atoms with Gasteiger partial charge in [-0.15, -0.1) is 4.68 Å². The van der Waals surface area contributed by atoms with Gasteiger partial charge in [0.15, 0.2) is 12.0 Å². The number of hydrogen-bond acceptors (Lipinski definition) is 5. The normalized spacial score (nSPS) is 15.5. The highest BCUT2D eigenvalue weighted by molar-refractivity contribution is 6.12. The van der Waals surface area contributed by atoms with E-state index in [1.807, 2.05) is 89.1 Å². The lowest BCUT2D eigenvalue weighted by Gasteiger charge is -2.15. The molecule has 5 rings (SSSR count). The highest BCUT2D eigenvalue weighted by atomic mass is 15.4. The van der Waals surface area contributed by atoms with E-state index < -0.39 is 0 Å². The van der Waals surface area contributed by atoms with Gasteiger partial charge in [-0.05, 0) is 30.7 Å². The van der Waals surface area contributed by atoms with Gasteiger partial charge in [0.25, 0.3) is 0 Å². The molecule has 0 amide bonds. The Labute approximate surface area is 185 Å². The fourth-order valence-electron chi connectivity index (χ4n) is 4.04. The minimum Gasteiger partial charge on any atom is -0.383 e. The van der Waals surface area contributed by atoms with Crippen molar-refractivity contribution in [1.29, 1.82) is 5.26 Å². The number of hydrazone groups is 1. The Morgan fingerprint density at radius 1 is 1.06 bits per heavy atom. The Bertz CT molecular complexity index is 1380. The molecule has 1 unspecified atom stereocenters. The van der Waals surface area contributed by atoms with Crippen LogP contribution in [0.1, 0.15) is 24.0 Å². The highest BCUT2D eigenvalue weighted by Crippen LogP contribution is 2.34. The Balaban J connectivity index is 1.77. The Kier molecular flexibility index (Phi) is 4.81. The molecule has 1 aliphatic rings. The van der Waals surface area contributed by atoms with E-state index in [1.165, 1.54) is 0 Å². The first-order valence-electron chi connectivity index (χ1n) is 10.2. The molecule has 7 heteroatoms. The standard InChI is InChI=1S/C25H20N7/c1-17-23(20-14-22(18-8-4-2-5-9-18)29-24(27)21(20)15-26)25(31-13-12-28-16-31)32(30-17)19-10-6-3-7-11-19/h2-14,16,23H,1H3,(H2,27,29)/q+1. The van der Waals surface area contributed by atoms with Crippen LogP contribution in [-0.2, 0) is 0 Å². The highest BCUT2D eigenvalue weighted by Gasteiger charge is 2.40. The molecule has 0 spiro atoms. The topological polar surface area (TPSA) is 95.9 Å². The van der Waals surface area contributed by atoms with E-state index >= 15 is 0 Å². The number of nitrogens with zero attached hydrogens (tertiary/aromatic N) is 6. The minimum absolute atomic E-state index is 0.208. The summed E-state index contributed by atoms with van der Waals surface area (Å²) in [5.74, 6) is 0.763. The molecule has 2 aromatic heterocycles. The van der Waals surface area contributed by atoms with E-state index in [0.717, 1.165) is 28.4 Å². The zero-order chi connectivity index (χ0) is 22.1. The zero-order valence-corrected chi connectivity index (χ0v) is 17.4. The summed E-state index contributed by atoms with van der Waals surface area (Å²) in [5, 5.41) is 14.8. The molecule has 4 aromatic rings. The van der Waals surface area contributed by atoms with Crippen LogP contribution in [-0.4, -0.2) is 30.8 Å². The molecule has 0 bridgehead atoms. The number of nitrogen functional groups attached to an aromatic ring is 1. The molecule has 2 N–H and O–H groups in total. The molecule has 2 aromatic carbocycles. The summed E-state index contributed by atoms with van der Waals surface area (Å²) in [6, 6.07) is 23.9. The van der Waals surface area contributed by atoms with Crippen LogP contribution < -0.4 is 5.73 Å². The number of hydrogen-bond donors (Lipinski definition) is 1. The van der Waals surface area contributed by atoms with Crippen LogP contribution in [0.3, 0.4) is 0 Å². The van der Waals surface area contributed by atoms with E-state index in [4.69, 9.17) is 10.8 Å². The summed E-state index contributed by atoms with van der Waals surface area (Å²) in [4.78, 5) is 8.75. The van der Waals surface area contributed by atoms with Crippen LogP contribution in [0.15, 0.2) is 90.6 Å². The number of aromatic nitrogens is 3. The Morgan fingerprint density at radius 3 is 2.44 bits per heavy atom. The average Bonchev–Trinajstić information content (AvgIpc) is 3.47. The molecule has 154 valence electrons. The third-order valence-corrected chi connectivity index (χ3v) is 5.49. The number of nitriles is 1. The fraction of sp³-hybridized carbons (Fsp3) is 0.0800. The summed E-state index contributed by atoms with van der Waals surface area (Å²) >= 11 is 0. The third-order valence-electron chi connectivity index (χ3n) is 5.49. The van der Waals surface area contributed by atoms with Gasteiger partial charge in [0.1, 0.15) is 24.0 Å². The van der Waals surface area contributed by atoms with Crippen molar-refractivity contribution in [3.05, 3.63) is 96.6 Å². The molecule has 0 radical (unpaired) electrons. The summed E-state index contributed by atoms with van der Waals surface area (Å²) in [6.07, 6.45) is 5.34. The van der Waals surface area contributed by atoms with Crippen LogP contribution in [0.25, 0.3) is 11.3 Å². The predicted molar refractivity (Wildman–Crippen MR) is 124 cm³/mol. The zero-order valence-electron chi connectivity index (χ0n) is 17.4. The van der Waals surface area contributed by atoms with Gasteiger partial charge in [-0.25, -0.2) is 9.97 Å². The van der Waals surface area contributed by atoms with E-state index in [9.17, 15) is 5.26 Å². The Morgan fingerprint density at radius 2 is 1.78 bits per heavy atom. The maximum Gasteiger partial charge on any atom is 0.301 e. The van der Waals surface area contributed by atoms with Crippen LogP contribution >= 0.6 is 0 Å². The number of nitrogens with two attached hydrogens (primary N) is 1. The molecular weight excluding hydrogens is 398 g/mol. The van der Waals surface area contributed by atoms with Gasteiger partial charge < -0.3 is 5.73 Å². The molecule has 7 nitrogen and oxygen atoms in total. The molecule has 3 heterocycles. The largest absolute Gasteiger partial charge is 0.383 e. The lowest BCUT2D eigenvalue weighted by molar-refractivity contribution is -0.444. The van der Waals surface area contributed by atoms with Crippen molar-refractivity contribution in [1.82, 2.24) is 14.5 Å². The number of benzene rings is 2. The molecule has 0 fully saturated rings. The van der Waals surface area contributed by atoms with Gasteiger partial charge in [0, 0.05) is 5.56 Å². The SMILES string of the molecule is CC1=N[N+](c2ccccc2)=C(n2ccnc2)C1c1cc(-c2ccccc2)nc(N)c1C#N. The van der Waals surface area contributed by atoms with Crippen molar-refractivity contribution in [3.8, 4) is 17.3 Å². The maximum atomic E-state index is 9.96.